The molecule has 3 unspecified atom stereocenters. The number of carbonyl (C=O) groups excluding carboxylic acids is 2. The zero-order valence-corrected chi connectivity index (χ0v) is 20.3. The third-order valence-corrected chi connectivity index (χ3v) is 8.27. The fourth-order valence-corrected chi connectivity index (χ4v) is 5.97. The molecule has 5 nitrogen and oxygen atoms in total. The van der Waals surface area contributed by atoms with Crippen molar-refractivity contribution >= 4 is 50.5 Å². The molecule has 0 aliphatic heterocycles. The summed E-state index contributed by atoms with van der Waals surface area (Å²) >= 11 is 7.80. The average molecular weight is 484 g/mol. The van der Waals surface area contributed by atoms with E-state index >= 15 is 0 Å². The van der Waals surface area contributed by atoms with E-state index in [1.54, 1.807) is 0 Å². The Balaban J connectivity index is 1.33. The van der Waals surface area contributed by atoms with Gasteiger partial charge in [0.15, 0.2) is 0 Å². The first kappa shape index (κ1) is 23.7. The minimum absolute atomic E-state index is 0.0266. The molecule has 4 rings (SSSR count). The van der Waals surface area contributed by atoms with Crippen molar-refractivity contribution < 1.29 is 9.59 Å². The highest BCUT2D eigenvalue weighted by atomic mass is 35.5. The molecule has 3 aromatic rings. The fourth-order valence-electron chi connectivity index (χ4n) is 4.55. The van der Waals surface area contributed by atoms with Crippen LogP contribution in [0.1, 0.15) is 53.8 Å². The largest absolute Gasteiger partial charge is 0.355 e. The number of carbonyl (C=O) groups is 2. The molecule has 1 fully saturated rings. The van der Waals surface area contributed by atoms with Gasteiger partial charge in [-0.15, -0.1) is 11.3 Å². The van der Waals surface area contributed by atoms with Crippen LogP contribution in [-0.4, -0.2) is 24.9 Å². The van der Waals surface area contributed by atoms with E-state index in [-0.39, 0.29) is 17.7 Å². The number of amides is 2. The number of hydrogen-bond acceptors (Lipinski definition) is 4. The number of benzene rings is 2. The molecule has 4 N–H and O–H groups in total. The second kappa shape index (κ2) is 10.7. The van der Waals surface area contributed by atoms with Crippen molar-refractivity contribution in [3.8, 4) is 0 Å². The van der Waals surface area contributed by atoms with Crippen molar-refractivity contribution in [2.45, 2.75) is 38.5 Å². The van der Waals surface area contributed by atoms with Crippen molar-refractivity contribution in [3.63, 3.8) is 0 Å². The Labute approximate surface area is 203 Å². The summed E-state index contributed by atoms with van der Waals surface area (Å²) in [4.78, 5) is 25.9. The Hall–Kier alpha value is -2.41. The summed E-state index contributed by atoms with van der Waals surface area (Å²) in [5, 5.41) is 7.39. The molecule has 2 aromatic carbocycles. The molecule has 1 heterocycles. The number of halogens is 1. The molecule has 1 aliphatic rings. The van der Waals surface area contributed by atoms with Crippen LogP contribution in [0.2, 0.25) is 5.02 Å². The quantitative estimate of drug-likeness (QED) is 0.397. The topological polar surface area (TPSA) is 84.2 Å². The van der Waals surface area contributed by atoms with E-state index in [1.165, 1.54) is 24.2 Å². The summed E-state index contributed by atoms with van der Waals surface area (Å²) in [6, 6.07) is 15.1. The third-order valence-electron chi connectivity index (χ3n) is 6.59. The van der Waals surface area contributed by atoms with Gasteiger partial charge in [0.05, 0.1) is 10.9 Å². The SMILES string of the molecule is CC(C(=O)NCC1CCCC(CN)C1)c1ccc(NC(=O)c2sc3ccccc3c2Cl)cc1. The normalized spacial score (nSPS) is 19.2. The lowest BCUT2D eigenvalue weighted by molar-refractivity contribution is -0.122. The van der Waals surface area contributed by atoms with Crippen LogP contribution in [-0.2, 0) is 4.79 Å². The number of thiophene rings is 1. The second-order valence-electron chi connectivity index (χ2n) is 8.92. The summed E-state index contributed by atoms with van der Waals surface area (Å²) in [5.41, 5.74) is 7.40. The molecular formula is C26H30ClN3O2S. The minimum Gasteiger partial charge on any atom is -0.355 e. The minimum atomic E-state index is -0.263. The lowest BCUT2D eigenvalue weighted by atomic mass is 9.81. The van der Waals surface area contributed by atoms with Crippen molar-refractivity contribution in [3.05, 3.63) is 64.0 Å². The second-order valence-corrected chi connectivity index (χ2v) is 10.3. The molecular weight excluding hydrogens is 454 g/mol. The molecule has 33 heavy (non-hydrogen) atoms. The molecule has 0 radical (unpaired) electrons. The van der Waals surface area contributed by atoms with Crippen molar-refractivity contribution in [1.82, 2.24) is 5.32 Å². The van der Waals surface area contributed by atoms with Crippen LogP contribution in [0.5, 0.6) is 0 Å². The number of hydrogen-bond donors (Lipinski definition) is 3. The molecule has 3 atom stereocenters. The average Bonchev–Trinajstić information content (AvgIpc) is 3.19. The molecule has 1 aliphatic carbocycles. The first-order valence-electron chi connectivity index (χ1n) is 11.5. The Morgan fingerprint density at radius 2 is 1.85 bits per heavy atom. The van der Waals surface area contributed by atoms with E-state index in [9.17, 15) is 9.59 Å². The standard InChI is InChI=1S/C26H30ClN3O2S/c1-16(25(31)29-15-18-6-4-5-17(13-18)14-28)19-9-11-20(12-10-19)30-26(32)24-23(27)21-7-2-3-8-22(21)33-24/h2-3,7-12,16-18H,4-6,13-15,28H2,1H3,(H,29,31)(H,30,32). The van der Waals surface area contributed by atoms with Gasteiger partial charge in [0.2, 0.25) is 5.91 Å². The highest BCUT2D eigenvalue weighted by molar-refractivity contribution is 7.21. The smallest absolute Gasteiger partial charge is 0.267 e. The number of fused-ring (bicyclic) bond motifs is 1. The molecule has 0 saturated heterocycles. The molecule has 0 bridgehead atoms. The molecule has 174 valence electrons. The number of nitrogens with one attached hydrogen (secondary N) is 2. The van der Waals surface area contributed by atoms with E-state index in [4.69, 9.17) is 17.3 Å². The van der Waals surface area contributed by atoms with E-state index in [0.29, 0.717) is 34.0 Å². The maximum atomic E-state index is 12.8. The maximum absolute atomic E-state index is 12.8. The molecule has 7 heteroatoms. The molecule has 0 spiro atoms. The predicted octanol–water partition coefficient (Wildman–Crippen LogP) is 5.79. The van der Waals surface area contributed by atoms with Gasteiger partial charge in [-0.05, 0) is 68.3 Å². The number of rotatable bonds is 7. The number of anilines is 1. The zero-order chi connectivity index (χ0) is 23.4. The van der Waals surface area contributed by atoms with Gasteiger partial charge in [-0.1, -0.05) is 48.4 Å². The van der Waals surface area contributed by atoms with E-state index in [2.05, 4.69) is 10.6 Å². The van der Waals surface area contributed by atoms with E-state index in [1.807, 2.05) is 55.5 Å². The van der Waals surface area contributed by atoms with Crippen molar-refractivity contribution in [2.75, 3.05) is 18.4 Å². The Bertz CT molecular complexity index is 1130. The summed E-state index contributed by atoms with van der Waals surface area (Å²) < 4.78 is 0.981. The zero-order valence-electron chi connectivity index (χ0n) is 18.8. The highest BCUT2D eigenvalue weighted by Crippen LogP contribution is 2.35. The van der Waals surface area contributed by atoms with Gasteiger partial charge < -0.3 is 16.4 Å². The maximum Gasteiger partial charge on any atom is 0.267 e. The van der Waals surface area contributed by atoms with Crippen LogP contribution in [0, 0.1) is 11.8 Å². The summed E-state index contributed by atoms with van der Waals surface area (Å²) in [6.07, 6.45) is 4.65. The fraction of sp³-hybridized carbons (Fsp3) is 0.385. The first-order chi connectivity index (χ1) is 16.0. The summed E-state index contributed by atoms with van der Waals surface area (Å²) in [7, 11) is 0. The van der Waals surface area contributed by atoms with Crippen LogP contribution < -0.4 is 16.4 Å². The van der Waals surface area contributed by atoms with Crippen molar-refractivity contribution in [1.29, 1.82) is 0 Å². The van der Waals surface area contributed by atoms with Gasteiger partial charge in [0, 0.05) is 22.3 Å². The van der Waals surface area contributed by atoms with Gasteiger partial charge >= 0.3 is 0 Å². The van der Waals surface area contributed by atoms with Crippen LogP contribution in [0.25, 0.3) is 10.1 Å². The van der Waals surface area contributed by atoms with Crippen LogP contribution in [0.3, 0.4) is 0 Å². The lowest BCUT2D eigenvalue weighted by Crippen LogP contribution is -2.35. The van der Waals surface area contributed by atoms with Gasteiger partial charge in [-0.3, -0.25) is 9.59 Å². The Morgan fingerprint density at radius 1 is 1.12 bits per heavy atom. The third kappa shape index (κ3) is 5.57. The van der Waals surface area contributed by atoms with Crippen LogP contribution >= 0.6 is 22.9 Å². The highest BCUT2D eigenvalue weighted by Gasteiger charge is 2.23. The van der Waals surface area contributed by atoms with Crippen molar-refractivity contribution in [2.24, 2.45) is 17.6 Å². The van der Waals surface area contributed by atoms with Crippen LogP contribution in [0.15, 0.2) is 48.5 Å². The van der Waals surface area contributed by atoms with E-state index < -0.39 is 0 Å². The molecule has 1 aromatic heterocycles. The first-order valence-corrected chi connectivity index (χ1v) is 12.7. The van der Waals surface area contributed by atoms with Gasteiger partial charge in [0.25, 0.3) is 5.91 Å². The number of nitrogens with two attached hydrogens (primary N) is 1. The van der Waals surface area contributed by atoms with Crippen LogP contribution in [0.4, 0.5) is 5.69 Å². The van der Waals surface area contributed by atoms with Gasteiger partial charge in [-0.25, -0.2) is 0 Å². The summed E-state index contributed by atoms with van der Waals surface area (Å²) in [6.45, 7) is 3.35. The molecule has 1 saturated carbocycles. The lowest BCUT2D eigenvalue weighted by Gasteiger charge is -2.28. The summed E-state index contributed by atoms with van der Waals surface area (Å²) in [5.74, 6) is 0.632. The predicted molar refractivity (Wildman–Crippen MR) is 137 cm³/mol. The Morgan fingerprint density at radius 3 is 2.58 bits per heavy atom. The Kier molecular flexibility index (Phi) is 7.68. The van der Waals surface area contributed by atoms with E-state index in [0.717, 1.165) is 35.0 Å². The molecule has 2 amide bonds. The van der Waals surface area contributed by atoms with Gasteiger partial charge in [0.1, 0.15) is 4.88 Å². The monoisotopic (exact) mass is 483 g/mol. The van der Waals surface area contributed by atoms with Gasteiger partial charge in [-0.2, -0.15) is 0 Å².